The Labute approximate surface area is 139 Å². The Morgan fingerprint density at radius 3 is 2.48 bits per heavy atom. The van der Waals surface area contributed by atoms with E-state index in [0.29, 0.717) is 19.0 Å². The van der Waals surface area contributed by atoms with E-state index >= 15 is 0 Å². The molecule has 6 nitrogen and oxygen atoms in total. The third-order valence-corrected chi connectivity index (χ3v) is 3.48. The van der Waals surface area contributed by atoms with Crippen molar-refractivity contribution < 1.29 is 9.47 Å². The second kappa shape index (κ2) is 9.35. The summed E-state index contributed by atoms with van der Waals surface area (Å²) in [5, 5.41) is 6.58. The molecule has 130 valence electrons. The summed E-state index contributed by atoms with van der Waals surface area (Å²) in [6, 6.07) is 3.80. The zero-order valence-electron chi connectivity index (χ0n) is 15.1. The Morgan fingerprint density at radius 1 is 1.26 bits per heavy atom. The Bertz CT molecular complexity index is 480. The number of aliphatic imine (C=N–C) groups is 1. The highest BCUT2D eigenvalue weighted by Gasteiger charge is 2.24. The summed E-state index contributed by atoms with van der Waals surface area (Å²) < 4.78 is 10.6. The molecule has 1 aromatic heterocycles. The first kappa shape index (κ1) is 19.2. The van der Waals surface area contributed by atoms with E-state index in [2.05, 4.69) is 41.4 Å². The molecule has 1 unspecified atom stereocenters. The molecule has 0 aliphatic heterocycles. The Hall–Kier alpha value is -1.82. The van der Waals surface area contributed by atoms with E-state index in [1.807, 2.05) is 19.1 Å². The van der Waals surface area contributed by atoms with Crippen molar-refractivity contribution in [2.75, 3.05) is 27.3 Å². The minimum absolute atomic E-state index is 0.0684. The molecule has 0 aliphatic carbocycles. The van der Waals surface area contributed by atoms with Gasteiger partial charge in [-0.05, 0) is 17.9 Å². The first-order valence-electron chi connectivity index (χ1n) is 7.94. The number of pyridine rings is 1. The molecule has 0 radical (unpaired) electrons. The van der Waals surface area contributed by atoms with Crippen LogP contribution in [0.15, 0.2) is 23.3 Å². The summed E-state index contributed by atoms with van der Waals surface area (Å²) in [7, 11) is 3.35. The van der Waals surface area contributed by atoms with Gasteiger partial charge in [0, 0.05) is 32.5 Å². The monoisotopic (exact) mass is 322 g/mol. The number of rotatable bonds is 7. The van der Waals surface area contributed by atoms with Crippen LogP contribution in [0.3, 0.4) is 0 Å². The predicted molar refractivity (Wildman–Crippen MR) is 93.9 cm³/mol. The minimum atomic E-state index is 0.0684. The fraction of sp³-hybridized carbons (Fsp3) is 0.647. The fourth-order valence-electron chi connectivity index (χ4n) is 2.07. The van der Waals surface area contributed by atoms with Crippen LogP contribution in [0.4, 0.5) is 0 Å². The fourth-order valence-corrected chi connectivity index (χ4v) is 2.07. The van der Waals surface area contributed by atoms with Crippen LogP contribution < -0.4 is 15.4 Å². The largest absolute Gasteiger partial charge is 0.481 e. The van der Waals surface area contributed by atoms with Crippen LogP contribution in [0.1, 0.15) is 33.3 Å². The summed E-state index contributed by atoms with van der Waals surface area (Å²) >= 11 is 0. The molecule has 0 aromatic carbocycles. The lowest BCUT2D eigenvalue weighted by molar-refractivity contribution is 0.0205. The number of nitrogens with one attached hydrogen (secondary N) is 2. The van der Waals surface area contributed by atoms with E-state index in [0.717, 1.165) is 18.1 Å². The molecule has 0 bridgehead atoms. The second-order valence-corrected chi connectivity index (χ2v) is 6.38. The minimum Gasteiger partial charge on any atom is -0.481 e. The van der Waals surface area contributed by atoms with Gasteiger partial charge in [0.1, 0.15) is 0 Å². The van der Waals surface area contributed by atoms with Crippen molar-refractivity contribution in [2.45, 2.75) is 40.3 Å². The third-order valence-electron chi connectivity index (χ3n) is 3.48. The van der Waals surface area contributed by atoms with Gasteiger partial charge in [0.15, 0.2) is 5.96 Å². The van der Waals surface area contributed by atoms with Gasteiger partial charge in [-0.3, -0.25) is 0 Å². The summed E-state index contributed by atoms with van der Waals surface area (Å²) in [4.78, 5) is 8.77. The molecule has 1 rings (SSSR count). The van der Waals surface area contributed by atoms with Crippen LogP contribution in [0, 0.1) is 5.41 Å². The van der Waals surface area contributed by atoms with Crippen LogP contribution in [-0.4, -0.2) is 44.4 Å². The third kappa shape index (κ3) is 6.86. The average molecular weight is 322 g/mol. The Balaban J connectivity index is 2.65. The lowest BCUT2D eigenvalue weighted by Crippen LogP contribution is -2.45. The first-order valence-corrected chi connectivity index (χ1v) is 7.94. The lowest BCUT2D eigenvalue weighted by Gasteiger charge is -2.30. The number of aromatic nitrogens is 1. The van der Waals surface area contributed by atoms with Crippen LogP contribution in [-0.2, 0) is 11.3 Å². The predicted octanol–water partition coefficient (Wildman–Crippen LogP) is 2.21. The number of guanidine groups is 1. The highest BCUT2D eigenvalue weighted by atomic mass is 16.5. The zero-order chi connectivity index (χ0) is 17.3. The number of hydrogen-bond donors (Lipinski definition) is 2. The molecule has 0 aliphatic rings. The maximum Gasteiger partial charge on any atom is 0.212 e. The van der Waals surface area contributed by atoms with Gasteiger partial charge in [0.2, 0.25) is 5.88 Å². The maximum absolute atomic E-state index is 5.56. The number of ether oxygens (including phenoxy) is 2. The van der Waals surface area contributed by atoms with Crippen molar-refractivity contribution in [1.82, 2.24) is 15.6 Å². The molecule has 0 saturated carbocycles. The summed E-state index contributed by atoms with van der Waals surface area (Å²) in [5.74, 6) is 1.38. The van der Waals surface area contributed by atoms with Crippen molar-refractivity contribution in [3.05, 3.63) is 23.9 Å². The van der Waals surface area contributed by atoms with Crippen LogP contribution in [0.2, 0.25) is 0 Å². The zero-order valence-corrected chi connectivity index (χ0v) is 15.1. The van der Waals surface area contributed by atoms with Crippen molar-refractivity contribution in [3.8, 4) is 5.88 Å². The molecule has 0 amide bonds. The van der Waals surface area contributed by atoms with E-state index in [4.69, 9.17) is 9.47 Å². The van der Waals surface area contributed by atoms with Crippen LogP contribution >= 0.6 is 0 Å². The molecule has 0 spiro atoms. The summed E-state index contributed by atoms with van der Waals surface area (Å²) in [6.45, 7) is 10.6. The highest BCUT2D eigenvalue weighted by molar-refractivity contribution is 5.79. The van der Waals surface area contributed by atoms with E-state index < -0.39 is 0 Å². The highest BCUT2D eigenvalue weighted by Crippen LogP contribution is 2.20. The molecular formula is C17H30N4O2. The molecule has 0 saturated heterocycles. The number of methoxy groups -OCH3 is 2. The molecule has 1 aromatic rings. The molecule has 23 heavy (non-hydrogen) atoms. The molecule has 1 heterocycles. The maximum atomic E-state index is 5.56. The van der Waals surface area contributed by atoms with Gasteiger partial charge < -0.3 is 20.1 Å². The van der Waals surface area contributed by atoms with Crippen molar-refractivity contribution in [2.24, 2.45) is 10.4 Å². The van der Waals surface area contributed by atoms with Gasteiger partial charge in [-0.2, -0.15) is 0 Å². The normalized spacial score (nSPS) is 13.6. The molecular weight excluding hydrogens is 292 g/mol. The Kier molecular flexibility index (Phi) is 7.81. The average Bonchev–Trinajstić information content (AvgIpc) is 2.52. The van der Waals surface area contributed by atoms with Gasteiger partial charge >= 0.3 is 0 Å². The topological polar surface area (TPSA) is 67.8 Å². The van der Waals surface area contributed by atoms with Crippen LogP contribution in [0.5, 0.6) is 5.88 Å². The summed E-state index contributed by atoms with van der Waals surface area (Å²) in [6.07, 6.45) is 1.88. The molecule has 1 atom stereocenters. The van der Waals surface area contributed by atoms with Crippen molar-refractivity contribution in [3.63, 3.8) is 0 Å². The molecule has 0 fully saturated rings. The van der Waals surface area contributed by atoms with E-state index in [9.17, 15) is 0 Å². The van der Waals surface area contributed by atoms with Crippen molar-refractivity contribution in [1.29, 1.82) is 0 Å². The smallest absolute Gasteiger partial charge is 0.212 e. The molecule has 6 heteroatoms. The van der Waals surface area contributed by atoms with Gasteiger partial charge in [-0.25, -0.2) is 9.98 Å². The van der Waals surface area contributed by atoms with Gasteiger partial charge in [-0.15, -0.1) is 0 Å². The number of hydrogen-bond acceptors (Lipinski definition) is 4. The standard InChI is InChI=1S/C17H30N4O2/c1-7-18-16(21-12-14(22-5)17(2,3)4)20-11-13-8-9-15(23-6)19-10-13/h8-10,14H,7,11-12H2,1-6H3,(H2,18,20,21). The van der Waals surface area contributed by atoms with E-state index in [-0.39, 0.29) is 11.5 Å². The second-order valence-electron chi connectivity index (χ2n) is 6.38. The van der Waals surface area contributed by atoms with Gasteiger partial charge in [-0.1, -0.05) is 26.8 Å². The van der Waals surface area contributed by atoms with Crippen LogP contribution in [0.25, 0.3) is 0 Å². The molecule has 2 N–H and O–H groups in total. The van der Waals surface area contributed by atoms with E-state index in [1.54, 1.807) is 20.4 Å². The van der Waals surface area contributed by atoms with Crippen molar-refractivity contribution >= 4 is 5.96 Å². The van der Waals surface area contributed by atoms with E-state index in [1.165, 1.54) is 0 Å². The number of nitrogens with zero attached hydrogens (tertiary/aromatic N) is 2. The lowest BCUT2D eigenvalue weighted by atomic mass is 9.89. The van der Waals surface area contributed by atoms with Gasteiger partial charge in [0.05, 0.1) is 19.8 Å². The first-order chi connectivity index (χ1) is 10.9. The van der Waals surface area contributed by atoms with Gasteiger partial charge in [0.25, 0.3) is 0 Å². The quantitative estimate of drug-likeness (QED) is 0.595. The Morgan fingerprint density at radius 2 is 2.00 bits per heavy atom. The summed E-state index contributed by atoms with van der Waals surface area (Å²) in [5.41, 5.74) is 1.10. The SMILES string of the molecule is CCNC(=NCc1ccc(OC)nc1)NCC(OC)C(C)(C)C.